The number of nitrogens with zero attached hydrogens (tertiary/aromatic N) is 2. The van der Waals surface area contributed by atoms with Crippen molar-refractivity contribution in [1.82, 2.24) is 15.1 Å². The molecule has 118 valence electrons. The molecule has 0 radical (unpaired) electrons. The average molecular weight is 330 g/mol. The fourth-order valence-corrected chi connectivity index (χ4v) is 3.60. The lowest BCUT2D eigenvalue weighted by Crippen LogP contribution is -2.47. The summed E-state index contributed by atoms with van der Waals surface area (Å²) in [5.41, 5.74) is 0. The van der Waals surface area contributed by atoms with Gasteiger partial charge in [0.15, 0.2) is 0 Å². The summed E-state index contributed by atoms with van der Waals surface area (Å²) in [7, 11) is 0. The van der Waals surface area contributed by atoms with Crippen LogP contribution in [0.15, 0.2) is 12.1 Å². The smallest absolute Gasteiger partial charge is 0.221 e. The van der Waals surface area contributed by atoms with Gasteiger partial charge >= 0.3 is 0 Å². The van der Waals surface area contributed by atoms with E-state index in [0.29, 0.717) is 6.42 Å². The molecular formula is C15H24ClN3OS. The molecule has 0 saturated carbocycles. The Labute approximate surface area is 136 Å². The number of carbonyl (C=O) groups is 1. The Morgan fingerprint density at radius 1 is 1.33 bits per heavy atom. The first-order valence-corrected chi connectivity index (χ1v) is 8.77. The van der Waals surface area contributed by atoms with Crippen molar-refractivity contribution >= 4 is 28.8 Å². The Morgan fingerprint density at radius 2 is 2.00 bits per heavy atom. The third kappa shape index (κ3) is 5.25. The van der Waals surface area contributed by atoms with Gasteiger partial charge in [-0.2, -0.15) is 0 Å². The van der Waals surface area contributed by atoms with Crippen LogP contribution in [0.3, 0.4) is 0 Å². The minimum Gasteiger partial charge on any atom is -0.349 e. The zero-order valence-corrected chi connectivity index (χ0v) is 14.3. The molecule has 1 aromatic heterocycles. The molecular weight excluding hydrogens is 306 g/mol. The Balaban J connectivity index is 1.68. The van der Waals surface area contributed by atoms with E-state index in [1.165, 1.54) is 11.3 Å². The summed E-state index contributed by atoms with van der Waals surface area (Å²) in [6, 6.07) is 3.88. The molecule has 2 heterocycles. The van der Waals surface area contributed by atoms with Crippen molar-refractivity contribution in [2.45, 2.75) is 26.3 Å². The molecule has 1 aliphatic heterocycles. The molecule has 1 aromatic rings. The molecule has 1 atom stereocenters. The highest BCUT2D eigenvalue weighted by Gasteiger charge is 2.17. The highest BCUT2D eigenvalue weighted by Crippen LogP contribution is 2.26. The lowest BCUT2D eigenvalue weighted by molar-refractivity contribution is -0.122. The Bertz CT molecular complexity index is 458. The minimum absolute atomic E-state index is 0.0342. The van der Waals surface area contributed by atoms with E-state index in [1.807, 2.05) is 19.1 Å². The van der Waals surface area contributed by atoms with E-state index < -0.39 is 0 Å². The molecule has 0 aromatic carbocycles. The summed E-state index contributed by atoms with van der Waals surface area (Å²) in [6.07, 6.45) is 0.565. The van der Waals surface area contributed by atoms with Crippen LogP contribution in [-0.2, 0) is 4.79 Å². The fraction of sp³-hybridized carbons (Fsp3) is 0.667. The quantitative estimate of drug-likeness (QED) is 0.871. The summed E-state index contributed by atoms with van der Waals surface area (Å²) in [5.74, 6) is 0.116. The maximum atomic E-state index is 12.0. The second-order valence-electron chi connectivity index (χ2n) is 5.46. The highest BCUT2D eigenvalue weighted by molar-refractivity contribution is 7.16. The summed E-state index contributed by atoms with van der Waals surface area (Å²) in [5, 5.41) is 3.04. The number of piperazine rings is 1. The van der Waals surface area contributed by atoms with Crippen LogP contribution in [0.1, 0.15) is 31.2 Å². The SMILES string of the molecule is CCN1CCN(CCC(=O)N[C@H](C)c2ccc(Cl)s2)CC1. The van der Waals surface area contributed by atoms with Gasteiger partial charge in [-0.1, -0.05) is 18.5 Å². The number of halogens is 1. The number of rotatable bonds is 6. The minimum atomic E-state index is 0.0342. The number of thiophene rings is 1. The van der Waals surface area contributed by atoms with Gasteiger partial charge in [-0.25, -0.2) is 0 Å². The van der Waals surface area contributed by atoms with Gasteiger partial charge < -0.3 is 15.1 Å². The van der Waals surface area contributed by atoms with Crippen molar-refractivity contribution in [1.29, 1.82) is 0 Å². The van der Waals surface area contributed by atoms with E-state index >= 15 is 0 Å². The van der Waals surface area contributed by atoms with Gasteiger partial charge in [-0.3, -0.25) is 4.79 Å². The third-order valence-corrected chi connectivity index (χ3v) is 5.38. The Hall–Kier alpha value is -0.620. The second kappa shape index (κ2) is 8.13. The maximum Gasteiger partial charge on any atom is 0.221 e. The van der Waals surface area contributed by atoms with Gasteiger partial charge in [0.05, 0.1) is 10.4 Å². The molecule has 0 bridgehead atoms. The van der Waals surface area contributed by atoms with Crippen LogP contribution >= 0.6 is 22.9 Å². The van der Waals surface area contributed by atoms with Crippen LogP contribution in [-0.4, -0.2) is 55.0 Å². The van der Waals surface area contributed by atoms with Crippen LogP contribution in [0, 0.1) is 0 Å². The van der Waals surface area contributed by atoms with Crippen LogP contribution in [0.4, 0.5) is 0 Å². The number of likely N-dealkylation sites (N-methyl/N-ethyl adjacent to an activating group) is 1. The number of hydrogen-bond acceptors (Lipinski definition) is 4. The second-order valence-corrected chi connectivity index (χ2v) is 7.20. The molecule has 0 unspecified atom stereocenters. The Morgan fingerprint density at radius 3 is 2.57 bits per heavy atom. The molecule has 2 rings (SSSR count). The third-order valence-electron chi connectivity index (χ3n) is 3.97. The lowest BCUT2D eigenvalue weighted by Gasteiger charge is -2.33. The Kier molecular flexibility index (Phi) is 6.48. The van der Waals surface area contributed by atoms with E-state index in [-0.39, 0.29) is 11.9 Å². The number of hydrogen-bond donors (Lipinski definition) is 1. The molecule has 1 fully saturated rings. The van der Waals surface area contributed by atoms with Crippen molar-refractivity contribution in [3.8, 4) is 0 Å². The van der Waals surface area contributed by atoms with Crippen molar-refractivity contribution < 1.29 is 4.79 Å². The normalized spacial score (nSPS) is 18.6. The van der Waals surface area contributed by atoms with Crippen molar-refractivity contribution in [3.05, 3.63) is 21.3 Å². The molecule has 1 amide bonds. The lowest BCUT2D eigenvalue weighted by atomic mass is 10.2. The molecule has 6 heteroatoms. The average Bonchev–Trinajstić information content (AvgIpc) is 2.92. The van der Waals surface area contributed by atoms with Gasteiger partial charge in [0.2, 0.25) is 5.91 Å². The molecule has 4 nitrogen and oxygen atoms in total. The largest absolute Gasteiger partial charge is 0.349 e. The first kappa shape index (κ1) is 16.7. The highest BCUT2D eigenvalue weighted by atomic mass is 35.5. The first-order chi connectivity index (χ1) is 10.1. The van der Waals surface area contributed by atoms with Gasteiger partial charge in [-0.15, -0.1) is 11.3 Å². The summed E-state index contributed by atoms with van der Waals surface area (Å²) >= 11 is 7.44. The molecule has 1 N–H and O–H groups in total. The molecule has 1 aliphatic rings. The van der Waals surface area contributed by atoms with Crippen LogP contribution in [0.5, 0.6) is 0 Å². The fourth-order valence-electron chi connectivity index (χ4n) is 2.53. The zero-order chi connectivity index (χ0) is 15.2. The van der Waals surface area contributed by atoms with E-state index in [9.17, 15) is 4.79 Å². The van der Waals surface area contributed by atoms with Gasteiger partial charge in [0.1, 0.15) is 0 Å². The van der Waals surface area contributed by atoms with E-state index in [0.717, 1.165) is 48.5 Å². The zero-order valence-electron chi connectivity index (χ0n) is 12.8. The van der Waals surface area contributed by atoms with E-state index in [4.69, 9.17) is 11.6 Å². The van der Waals surface area contributed by atoms with E-state index in [2.05, 4.69) is 22.0 Å². The van der Waals surface area contributed by atoms with Crippen LogP contribution in [0.2, 0.25) is 4.34 Å². The number of carbonyl (C=O) groups excluding carboxylic acids is 1. The summed E-state index contributed by atoms with van der Waals surface area (Å²) < 4.78 is 0.764. The monoisotopic (exact) mass is 329 g/mol. The molecule has 1 saturated heterocycles. The molecule has 21 heavy (non-hydrogen) atoms. The van der Waals surface area contributed by atoms with Crippen LogP contribution < -0.4 is 5.32 Å². The van der Waals surface area contributed by atoms with Crippen molar-refractivity contribution in [2.75, 3.05) is 39.3 Å². The van der Waals surface area contributed by atoms with Crippen molar-refractivity contribution in [3.63, 3.8) is 0 Å². The predicted molar refractivity (Wildman–Crippen MR) is 89.1 cm³/mol. The van der Waals surface area contributed by atoms with Crippen LogP contribution in [0.25, 0.3) is 0 Å². The van der Waals surface area contributed by atoms with E-state index in [1.54, 1.807) is 0 Å². The first-order valence-electron chi connectivity index (χ1n) is 7.57. The number of amides is 1. The molecule has 0 spiro atoms. The summed E-state index contributed by atoms with van der Waals surface area (Å²) in [6.45, 7) is 10.5. The maximum absolute atomic E-state index is 12.0. The van der Waals surface area contributed by atoms with Crippen molar-refractivity contribution in [2.24, 2.45) is 0 Å². The predicted octanol–water partition coefficient (Wildman–Crippen LogP) is 2.61. The summed E-state index contributed by atoms with van der Waals surface area (Å²) in [4.78, 5) is 17.9. The standard InChI is InChI=1S/C15H24ClN3OS/c1-3-18-8-10-19(11-9-18)7-6-15(20)17-12(2)13-4-5-14(16)21-13/h4-5,12H,3,6-11H2,1-2H3,(H,17,20)/t12-/m1/s1. The van der Waals surface area contributed by atoms with Gasteiger partial charge in [0.25, 0.3) is 0 Å². The molecule has 0 aliphatic carbocycles. The topological polar surface area (TPSA) is 35.6 Å². The number of nitrogens with one attached hydrogen (secondary N) is 1. The van der Waals surface area contributed by atoms with Gasteiger partial charge in [-0.05, 0) is 25.6 Å². The van der Waals surface area contributed by atoms with Gasteiger partial charge in [0, 0.05) is 44.0 Å².